The molecule has 1 aromatic carbocycles. The van der Waals surface area contributed by atoms with Crippen LogP contribution in [0.25, 0.3) is 0 Å². The monoisotopic (exact) mass is 368 g/mol. The molecule has 0 radical (unpaired) electrons. The van der Waals surface area contributed by atoms with Crippen molar-refractivity contribution in [3.05, 3.63) is 33.9 Å². The number of aryl methyl sites for hydroxylation is 1. The number of rotatable bonds is 5. The van der Waals surface area contributed by atoms with Crippen LogP contribution in [0.5, 0.6) is 17.4 Å². The number of ether oxygens (including phenoxy) is 2. The Morgan fingerprint density at radius 2 is 2.05 bits per heavy atom. The lowest BCUT2D eigenvalue weighted by atomic mass is 10.2. The second-order valence-electron chi connectivity index (χ2n) is 4.09. The predicted octanol–water partition coefficient (Wildman–Crippen LogP) is 3.88. The SMILES string of the molecule is COc1cc(C=O)cc(Br)c1Oc1cc(C)nc(SC)n1. The third-order valence-electron chi connectivity index (χ3n) is 2.59. The minimum absolute atomic E-state index is 0.421. The first-order valence-electron chi connectivity index (χ1n) is 5.97. The molecule has 110 valence electrons. The van der Waals surface area contributed by atoms with E-state index in [9.17, 15) is 4.79 Å². The van der Waals surface area contributed by atoms with Gasteiger partial charge in [-0.15, -0.1) is 0 Å². The number of carbonyl (C=O) groups is 1. The summed E-state index contributed by atoms with van der Waals surface area (Å²) < 4.78 is 11.7. The van der Waals surface area contributed by atoms with Crippen LogP contribution in [0.1, 0.15) is 16.1 Å². The normalized spacial score (nSPS) is 10.3. The molecule has 0 aliphatic carbocycles. The van der Waals surface area contributed by atoms with Crippen LogP contribution in [0.2, 0.25) is 0 Å². The fraction of sp³-hybridized carbons (Fsp3) is 0.214. The minimum atomic E-state index is 0.421. The highest BCUT2D eigenvalue weighted by Gasteiger charge is 2.14. The summed E-state index contributed by atoms with van der Waals surface area (Å²) in [6.07, 6.45) is 2.64. The van der Waals surface area contributed by atoms with E-state index in [1.54, 1.807) is 18.2 Å². The minimum Gasteiger partial charge on any atom is -0.493 e. The van der Waals surface area contributed by atoms with Crippen molar-refractivity contribution in [2.24, 2.45) is 0 Å². The number of benzene rings is 1. The molecule has 0 aliphatic rings. The van der Waals surface area contributed by atoms with Crippen molar-refractivity contribution in [1.29, 1.82) is 0 Å². The van der Waals surface area contributed by atoms with Gasteiger partial charge in [-0.1, -0.05) is 11.8 Å². The lowest BCUT2D eigenvalue weighted by Gasteiger charge is -2.12. The van der Waals surface area contributed by atoms with E-state index in [0.29, 0.717) is 32.6 Å². The smallest absolute Gasteiger partial charge is 0.223 e. The Morgan fingerprint density at radius 1 is 1.29 bits per heavy atom. The molecule has 0 saturated carbocycles. The number of methoxy groups -OCH3 is 1. The Balaban J connectivity index is 2.43. The summed E-state index contributed by atoms with van der Waals surface area (Å²) >= 11 is 4.82. The molecule has 1 aromatic heterocycles. The first-order chi connectivity index (χ1) is 10.1. The number of hydrogen-bond acceptors (Lipinski definition) is 6. The number of aldehydes is 1. The molecule has 7 heteroatoms. The molecule has 2 rings (SSSR count). The summed E-state index contributed by atoms with van der Waals surface area (Å²) in [5.41, 5.74) is 1.30. The van der Waals surface area contributed by atoms with Crippen molar-refractivity contribution in [1.82, 2.24) is 9.97 Å². The van der Waals surface area contributed by atoms with Crippen molar-refractivity contribution < 1.29 is 14.3 Å². The van der Waals surface area contributed by atoms with Gasteiger partial charge in [0, 0.05) is 17.3 Å². The second-order valence-corrected chi connectivity index (χ2v) is 5.72. The van der Waals surface area contributed by atoms with Crippen LogP contribution in [-0.4, -0.2) is 29.6 Å². The van der Waals surface area contributed by atoms with E-state index < -0.39 is 0 Å². The molecule has 0 saturated heterocycles. The number of carbonyl (C=O) groups excluding carboxylic acids is 1. The van der Waals surface area contributed by atoms with E-state index in [4.69, 9.17) is 9.47 Å². The third-order valence-corrected chi connectivity index (χ3v) is 3.72. The zero-order chi connectivity index (χ0) is 15.4. The molecular formula is C14H13BrN2O3S. The van der Waals surface area contributed by atoms with Gasteiger partial charge in [-0.2, -0.15) is 4.98 Å². The maximum Gasteiger partial charge on any atom is 0.223 e. The van der Waals surface area contributed by atoms with Crippen molar-refractivity contribution >= 4 is 34.0 Å². The lowest BCUT2D eigenvalue weighted by Crippen LogP contribution is -1.97. The van der Waals surface area contributed by atoms with E-state index in [0.717, 1.165) is 12.0 Å². The van der Waals surface area contributed by atoms with Crippen LogP contribution >= 0.6 is 27.7 Å². The highest BCUT2D eigenvalue weighted by Crippen LogP contribution is 2.39. The fourth-order valence-corrected chi connectivity index (χ4v) is 2.63. The molecule has 21 heavy (non-hydrogen) atoms. The second kappa shape index (κ2) is 6.91. The van der Waals surface area contributed by atoms with Gasteiger partial charge in [0.05, 0.1) is 11.6 Å². The van der Waals surface area contributed by atoms with Gasteiger partial charge in [-0.05, 0) is 41.2 Å². The van der Waals surface area contributed by atoms with Gasteiger partial charge in [-0.3, -0.25) is 4.79 Å². The summed E-state index contributed by atoms with van der Waals surface area (Å²) in [4.78, 5) is 19.4. The number of hydrogen-bond donors (Lipinski definition) is 0. The molecule has 5 nitrogen and oxygen atoms in total. The van der Waals surface area contributed by atoms with Gasteiger partial charge in [0.1, 0.15) is 6.29 Å². The van der Waals surface area contributed by atoms with Crippen LogP contribution in [0.4, 0.5) is 0 Å². The first-order valence-corrected chi connectivity index (χ1v) is 7.99. The van der Waals surface area contributed by atoms with Crippen LogP contribution in [0, 0.1) is 6.92 Å². The largest absolute Gasteiger partial charge is 0.493 e. The molecule has 2 aromatic rings. The van der Waals surface area contributed by atoms with Crippen LogP contribution < -0.4 is 9.47 Å². The van der Waals surface area contributed by atoms with E-state index >= 15 is 0 Å². The van der Waals surface area contributed by atoms with Crippen LogP contribution in [0.3, 0.4) is 0 Å². The molecule has 0 amide bonds. The van der Waals surface area contributed by atoms with E-state index in [1.807, 2.05) is 13.2 Å². The quantitative estimate of drug-likeness (QED) is 0.453. The topological polar surface area (TPSA) is 61.3 Å². The van der Waals surface area contributed by atoms with Crippen LogP contribution in [-0.2, 0) is 0 Å². The van der Waals surface area contributed by atoms with E-state index in [2.05, 4.69) is 25.9 Å². The number of thioether (sulfide) groups is 1. The van der Waals surface area contributed by atoms with Gasteiger partial charge in [-0.25, -0.2) is 4.98 Å². The molecule has 1 heterocycles. The molecular weight excluding hydrogens is 356 g/mol. The Labute approximate surface area is 135 Å². The molecule has 0 fully saturated rings. The predicted molar refractivity (Wildman–Crippen MR) is 84.7 cm³/mol. The maximum atomic E-state index is 10.9. The average Bonchev–Trinajstić information content (AvgIpc) is 2.48. The number of aromatic nitrogens is 2. The number of nitrogens with zero attached hydrogens (tertiary/aromatic N) is 2. The van der Waals surface area contributed by atoms with Crippen molar-refractivity contribution in [2.45, 2.75) is 12.1 Å². The van der Waals surface area contributed by atoms with E-state index in [1.165, 1.54) is 18.9 Å². The summed E-state index contributed by atoms with van der Waals surface area (Å²) in [6.45, 7) is 1.87. The van der Waals surface area contributed by atoms with Gasteiger partial charge >= 0.3 is 0 Å². The Kier molecular flexibility index (Phi) is 5.19. The Hall–Kier alpha value is -1.60. The third kappa shape index (κ3) is 3.74. The molecule has 0 aliphatic heterocycles. The Bertz CT molecular complexity index is 680. The molecule has 0 bridgehead atoms. The molecule has 0 spiro atoms. The van der Waals surface area contributed by atoms with Gasteiger partial charge < -0.3 is 9.47 Å². The van der Waals surface area contributed by atoms with Gasteiger partial charge in [0.15, 0.2) is 16.7 Å². The average molecular weight is 369 g/mol. The highest BCUT2D eigenvalue weighted by atomic mass is 79.9. The van der Waals surface area contributed by atoms with Crippen molar-refractivity contribution in [2.75, 3.05) is 13.4 Å². The highest BCUT2D eigenvalue weighted by molar-refractivity contribution is 9.10. The Morgan fingerprint density at radius 3 is 2.67 bits per heavy atom. The zero-order valence-electron chi connectivity index (χ0n) is 11.7. The molecule has 0 N–H and O–H groups in total. The van der Waals surface area contributed by atoms with E-state index in [-0.39, 0.29) is 0 Å². The summed E-state index contributed by atoms with van der Waals surface area (Å²) in [7, 11) is 1.52. The summed E-state index contributed by atoms with van der Waals surface area (Å²) in [6, 6.07) is 5.00. The standard InChI is InChI=1S/C14H13BrN2O3S/c1-8-4-12(17-14(16-8)21-3)20-13-10(15)5-9(7-18)6-11(13)19-2/h4-7H,1-3H3. The summed E-state index contributed by atoms with van der Waals surface area (Å²) in [5, 5.41) is 0.629. The molecule has 0 unspecified atom stereocenters. The first kappa shape index (κ1) is 15.8. The lowest BCUT2D eigenvalue weighted by molar-refractivity contribution is 0.112. The number of halogens is 1. The fourth-order valence-electron chi connectivity index (χ4n) is 1.67. The van der Waals surface area contributed by atoms with Crippen molar-refractivity contribution in [3.63, 3.8) is 0 Å². The van der Waals surface area contributed by atoms with Crippen LogP contribution in [0.15, 0.2) is 27.8 Å². The van der Waals surface area contributed by atoms with Gasteiger partial charge in [0.2, 0.25) is 5.88 Å². The zero-order valence-corrected chi connectivity index (χ0v) is 14.1. The summed E-state index contributed by atoms with van der Waals surface area (Å²) in [5.74, 6) is 1.34. The molecule has 0 atom stereocenters. The van der Waals surface area contributed by atoms with Gasteiger partial charge in [0.25, 0.3) is 0 Å². The maximum absolute atomic E-state index is 10.9. The van der Waals surface area contributed by atoms with Crippen molar-refractivity contribution in [3.8, 4) is 17.4 Å².